The van der Waals surface area contributed by atoms with Crippen molar-refractivity contribution in [1.82, 2.24) is 4.90 Å². The van der Waals surface area contributed by atoms with Crippen molar-refractivity contribution >= 4 is 5.91 Å². The zero-order chi connectivity index (χ0) is 14.0. The Morgan fingerprint density at radius 2 is 2.00 bits per heavy atom. The number of hydrogen-bond donors (Lipinski definition) is 1. The molecule has 0 spiro atoms. The molecule has 1 heterocycles. The third kappa shape index (κ3) is 3.31. The molecule has 0 aromatic heterocycles. The van der Waals surface area contributed by atoms with Crippen LogP contribution in [0.4, 0.5) is 0 Å². The third-order valence-electron chi connectivity index (χ3n) is 5.24. The minimum Gasteiger partial charge on any atom is -0.339 e. The van der Waals surface area contributed by atoms with E-state index in [1.807, 2.05) is 0 Å². The Morgan fingerprint density at radius 3 is 2.58 bits per heavy atom. The molecule has 2 rings (SSSR count). The molecule has 1 amide bonds. The molecule has 2 N–H and O–H groups in total. The summed E-state index contributed by atoms with van der Waals surface area (Å²) in [5.41, 5.74) is 6.31. The van der Waals surface area contributed by atoms with E-state index in [1.54, 1.807) is 0 Å². The van der Waals surface area contributed by atoms with Gasteiger partial charge in [0.15, 0.2) is 0 Å². The molecule has 0 aromatic rings. The van der Waals surface area contributed by atoms with Crippen molar-refractivity contribution in [2.75, 3.05) is 13.1 Å². The first-order chi connectivity index (χ1) is 8.93. The first kappa shape index (κ1) is 14.8. The largest absolute Gasteiger partial charge is 0.339 e. The van der Waals surface area contributed by atoms with Gasteiger partial charge >= 0.3 is 0 Å². The van der Waals surface area contributed by atoms with Crippen LogP contribution in [0, 0.1) is 17.3 Å². The lowest BCUT2D eigenvalue weighted by Gasteiger charge is -2.47. The van der Waals surface area contributed by atoms with Gasteiger partial charge in [0.2, 0.25) is 5.91 Å². The maximum atomic E-state index is 12.2. The molecule has 3 heteroatoms. The average Bonchev–Trinajstić information content (AvgIpc) is 2.37. The Balaban J connectivity index is 2.11. The maximum absolute atomic E-state index is 12.2. The normalized spacial score (nSPS) is 33.6. The monoisotopic (exact) mass is 266 g/mol. The summed E-state index contributed by atoms with van der Waals surface area (Å²) < 4.78 is 0. The van der Waals surface area contributed by atoms with Crippen LogP contribution in [0.25, 0.3) is 0 Å². The number of piperidine rings is 1. The second-order valence-electron chi connectivity index (χ2n) is 7.48. The van der Waals surface area contributed by atoms with E-state index in [0.29, 0.717) is 23.3 Å². The second kappa shape index (κ2) is 5.82. The molecule has 3 nitrogen and oxygen atoms in total. The summed E-state index contributed by atoms with van der Waals surface area (Å²) in [5, 5.41) is 0. The molecule has 0 radical (unpaired) electrons. The van der Waals surface area contributed by atoms with Gasteiger partial charge in [0.05, 0.1) is 0 Å². The van der Waals surface area contributed by atoms with Crippen LogP contribution in [0.15, 0.2) is 0 Å². The molecule has 2 fully saturated rings. The summed E-state index contributed by atoms with van der Waals surface area (Å²) >= 11 is 0. The van der Waals surface area contributed by atoms with Crippen LogP contribution in [0.2, 0.25) is 0 Å². The average molecular weight is 266 g/mol. The van der Waals surface area contributed by atoms with Gasteiger partial charge in [-0.05, 0) is 55.9 Å². The van der Waals surface area contributed by atoms with Gasteiger partial charge < -0.3 is 10.6 Å². The molecule has 19 heavy (non-hydrogen) atoms. The summed E-state index contributed by atoms with van der Waals surface area (Å²) in [4.78, 5) is 14.4. The first-order valence-corrected chi connectivity index (χ1v) is 7.93. The van der Waals surface area contributed by atoms with Crippen LogP contribution in [0.3, 0.4) is 0 Å². The van der Waals surface area contributed by atoms with Crippen LogP contribution in [0.1, 0.15) is 59.3 Å². The molecule has 1 saturated heterocycles. The topological polar surface area (TPSA) is 46.3 Å². The maximum Gasteiger partial charge on any atom is 0.222 e. The van der Waals surface area contributed by atoms with Gasteiger partial charge in [0, 0.05) is 19.0 Å². The number of carbonyl (C=O) groups is 1. The molecule has 1 aliphatic carbocycles. The zero-order valence-electron chi connectivity index (χ0n) is 12.8. The van der Waals surface area contributed by atoms with Crippen molar-refractivity contribution in [1.29, 1.82) is 0 Å². The van der Waals surface area contributed by atoms with Crippen LogP contribution >= 0.6 is 0 Å². The molecule has 0 bridgehead atoms. The number of carbonyl (C=O) groups excluding carboxylic acids is 1. The fraction of sp³-hybridized carbons (Fsp3) is 0.938. The molecule has 3 unspecified atom stereocenters. The Labute approximate surface area is 117 Å². The highest BCUT2D eigenvalue weighted by Crippen LogP contribution is 2.42. The lowest BCUT2D eigenvalue weighted by atomic mass is 9.67. The molecule has 0 aromatic carbocycles. The highest BCUT2D eigenvalue weighted by atomic mass is 16.2. The Morgan fingerprint density at radius 1 is 1.26 bits per heavy atom. The van der Waals surface area contributed by atoms with E-state index < -0.39 is 0 Å². The van der Waals surface area contributed by atoms with E-state index in [4.69, 9.17) is 5.73 Å². The summed E-state index contributed by atoms with van der Waals surface area (Å²) in [6.07, 6.45) is 6.58. The number of amides is 1. The highest BCUT2D eigenvalue weighted by Gasteiger charge is 2.39. The van der Waals surface area contributed by atoms with E-state index >= 15 is 0 Å². The summed E-state index contributed by atoms with van der Waals surface area (Å²) in [6, 6.07) is 0.399. The lowest BCUT2D eigenvalue weighted by Crippen LogP contribution is -2.52. The fourth-order valence-corrected chi connectivity index (χ4v) is 3.83. The van der Waals surface area contributed by atoms with E-state index in [0.717, 1.165) is 38.3 Å². The Bertz CT molecular complexity index is 321. The minimum atomic E-state index is 0.344. The number of likely N-dealkylation sites (tertiary alicyclic amines) is 1. The summed E-state index contributed by atoms with van der Waals surface area (Å²) in [5.74, 6) is 1.60. The minimum absolute atomic E-state index is 0.344. The van der Waals surface area contributed by atoms with Crippen LogP contribution < -0.4 is 5.73 Å². The highest BCUT2D eigenvalue weighted by molar-refractivity contribution is 5.77. The Kier molecular flexibility index (Phi) is 4.54. The van der Waals surface area contributed by atoms with Crippen molar-refractivity contribution in [2.24, 2.45) is 23.0 Å². The third-order valence-corrected chi connectivity index (χ3v) is 5.24. The van der Waals surface area contributed by atoms with E-state index in [2.05, 4.69) is 25.7 Å². The predicted molar refractivity (Wildman–Crippen MR) is 78.7 cm³/mol. The number of rotatable bonds is 2. The molecule has 1 aliphatic heterocycles. The lowest BCUT2D eigenvalue weighted by molar-refractivity contribution is -0.138. The van der Waals surface area contributed by atoms with E-state index in [9.17, 15) is 4.79 Å². The SMILES string of the molecule is CC(C)(C)C1CCC(CN)C(N2CCCCC2=O)C1. The smallest absolute Gasteiger partial charge is 0.222 e. The van der Waals surface area contributed by atoms with Crippen molar-refractivity contribution < 1.29 is 4.79 Å². The van der Waals surface area contributed by atoms with Crippen molar-refractivity contribution in [3.63, 3.8) is 0 Å². The predicted octanol–water partition coefficient (Wildman–Crippen LogP) is 2.79. The first-order valence-electron chi connectivity index (χ1n) is 7.93. The zero-order valence-corrected chi connectivity index (χ0v) is 12.8. The number of hydrogen-bond acceptors (Lipinski definition) is 2. The van der Waals surface area contributed by atoms with Gasteiger partial charge in [-0.3, -0.25) is 4.79 Å². The summed E-state index contributed by atoms with van der Waals surface area (Å²) in [6.45, 7) is 8.67. The molecular weight excluding hydrogens is 236 g/mol. The van der Waals surface area contributed by atoms with Crippen LogP contribution in [-0.2, 0) is 4.79 Å². The molecule has 2 aliphatic rings. The number of nitrogens with two attached hydrogens (primary N) is 1. The van der Waals surface area contributed by atoms with Gasteiger partial charge in [-0.25, -0.2) is 0 Å². The summed E-state index contributed by atoms with van der Waals surface area (Å²) in [7, 11) is 0. The van der Waals surface area contributed by atoms with Gasteiger partial charge in [-0.15, -0.1) is 0 Å². The quantitative estimate of drug-likeness (QED) is 0.835. The molecule has 3 atom stereocenters. The van der Waals surface area contributed by atoms with Crippen molar-refractivity contribution in [3.05, 3.63) is 0 Å². The number of nitrogens with zero attached hydrogens (tertiary/aromatic N) is 1. The van der Waals surface area contributed by atoms with Gasteiger partial charge in [0.1, 0.15) is 0 Å². The van der Waals surface area contributed by atoms with E-state index in [1.165, 1.54) is 19.3 Å². The van der Waals surface area contributed by atoms with Crippen LogP contribution in [0.5, 0.6) is 0 Å². The van der Waals surface area contributed by atoms with Crippen molar-refractivity contribution in [3.8, 4) is 0 Å². The standard InChI is InChI=1S/C16H30N2O/c1-16(2,3)13-8-7-12(11-17)14(10-13)18-9-5-4-6-15(18)19/h12-14H,4-11,17H2,1-3H3. The fourth-order valence-electron chi connectivity index (χ4n) is 3.83. The second-order valence-corrected chi connectivity index (χ2v) is 7.48. The van der Waals surface area contributed by atoms with Crippen molar-refractivity contribution in [2.45, 2.75) is 65.3 Å². The Hall–Kier alpha value is -0.570. The van der Waals surface area contributed by atoms with E-state index in [-0.39, 0.29) is 0 Å². The molecule has 1 saturated carbocycles. The van der Waals surface area contributed by atoms with Gasteiger partial charge in [-0.2, -0.15) is 0 Å². The van der Waals surface area contributed by atoms with Gasteiger partial charge in [0.25, 0.3) is 0 Å². The van der Waals surface area contributed by atoms with Crippen LogP contribution in [-0.4, -0.2) is 29.9 Å². The molecular formula is C16H30N2O. The van der Waals surface area contributed by atoms with Gasteiger partial charge in [-0.1, -0.05) is 20.8 Å². The molecule has 110 valence electrons.